The summed E-state index contributed by atoms with van der Waals surface area (Å²) in [7, 11) is 4.06. The van der Waals surface area contributed by atoms with Crippen molar-refractivity contribution in [1.82, 2.24) is 4.90 Å². The zero-order valence-electron chi connectivity index (χ0n) is 12.3. The summed E-state index contributed by atoms with van der Waals surface area (Å²) in [5, 5.41) is 0. The highest BCUT2D eigenvalue weighted by atomic mass is 16.1. The van der Waals surface area contributed by atoms with Gasteiger partial charge >= 0.3 is 0 Å². The van der Waals surface area contributed by atoms with Crippen molar-refractivity contribution in [2.75, 3.05) is 14.1 Å². The molecule has 1 aliphatic rings. The highest BCUT2D eigenvalue weighted by Gasteiger charge is 2.39. The van der Waals surface area contributed by atoms with E-state index in [1.807, 2.05) is 14.1 Å². The average Bonchev–Trinajstić information content (AvgIpc) is 2.36. The molecule has 3 unspecified atom stereocenters. The first-order chi connectivity index (χ1) is 7.95. The number of ketones is 1. The Morgan fingerprint density at radius 1 is 1.29 bits per heavy atom. The first-order valence-corrected chi connectivity index (χ1v) is 7.17. The zero-order chi connectivity index (χ0) is 13.1. The van der Waals surface area contributed by atoms with Crippen LogP contribution in [-0.4, -0.2) is 30.3 Å². The predicted molar refractivity (Wildman–Crippen MR) is 73.1 cm³/mol. The lowest BCUT2D eigenvalue weighted by Gasteiger charge is -2.39. The van der Waals surface area contributed by atoms with Crippen LogP contribution in [0.15, 0.2) is 0 Å². The van der Waals surface area contributed by atoms with Crippen LogP contribution >= 0.6 is 0 Å². The van der Waals surface area contributed by atoms with E-state index in [0.29, 0.717) is 11.7 Å². The topological polar surface area (TPSA) is 20.3 Å². The van der Waals surface area contributed by atoms with Gasteiger partial charge < -0.3 is 0 Å². The average molecular weight is 239 g/mol. The summed E-state index contributed by atoms with van der Waals surface area (Å²) in [5.41, 5.74) is -0.264. The van der Waals surface area contributed by atoms with Crippen molar-refractivity contribution in [2.45, 2.75) is 64.8 Å². The number of likely N-dealkylation sites (N-methyl/N-ethyl adjacent to an activating group) is 1. The predicted octanol–water partition coefficient (Wildman–Crippen LogP) is 3.50. The molecule has 2 heteroatoms. The maximum Gasteiger partial charge on any atom is 0.155 e. The van der Waals surface area contributed by atoms with Crippen molar-refractivity contribution >= 4 is 5.78 Å². The van der Waals surface area contributed by atoms with Crippen LogP contribution in [0.3, 0.4) is 0 Å². The molecule has 1 saturated carbocycles. The molecule has 0 heterocycles. The van der Waals surface area contributed by atoms with E-state index in [1.165, 1.54) is 19.3 Å². The van der Waals surface area contributed by atoms with Gasteiger partial charge in [-0.1, -0.05) is 33.1 Å². The Balaban J connectivity index is 2.74. The Morgan fingerprint density at radius 3 is 2.41 bits per heavy atom. The Bertz CT molecular complexity index is 262. The van der Waals surface area contributed by atoms with E-state index < -0.39 is 0 Å². The summed E-state index contributed by atoms with van der Waals surface area (Å²) < 4.78 is 0. The number of hydrogen-bond acceptors (Lipinski definition) is 2. The quantitative estimate of drug-likeness (QED) is 0.732. The number of hydrogen-bond donors (Lipinski definition) is 0. The molecule has 100 valence electrons. The minimum atomic E-state index is -0.264. The molecule has 2 nitrogen and oxygen atoms in total. The molecular formula is C15H29NO. The Morgan fingerprint density at radius 2 is 1.94 bits per heavy atom. The molecule has 0 spiro atoms. The molecule has 0 aromatic heterocycles. The van der Waals surface area contributed by atoms with Gasteiger partial charge in [-0.05, 0) is 46.2 Å². The van der Waals surface area contributed by atoms with E-state index in [1.54, 1.807) is 0 Å². The van der Waals surface area contributed by atoms with Crippen molar-refractivity contribution in [1.29, 1.82) is 0 Å². The van der Waals surface area contributed by atoms with Gasteiger partial charge in [0, 0.05) is 5.92 Å². The smallest absolute Gasteiger partial charge is 0.155 e. The Kier molecular flexibility index (Phi) is 5.18. The number of rotatable bonds is 5. The molecule has 0 saturated heterocycles. The minimum Gasteiger partial charge on any atom is -0.297 e. The van der Waals surface area contributed by atoms with Crippen LogP contribution in [0.1, 0.15) is 59.3 Å². The fraction of sp³-hybridized carbons (Fsp3) is 0.933. The van der Waals surface area contributed by atoms with Gasteiger partial charge in [0.1, 0.15) is 0 Å². The SMILES string of the molecule is CCC1CCCC(C(=O)C(C)(CC)N(C)C)C1. The third-order valence-corrected chi connectivity index (χ3v) is 4.94. The van der Waals surface area contributed by atoms with Gasteiger partial charge in [0.25, 0.3) is 0 Å². The lowest BCUT2D eigenvalue weighted by molar-refractivity contribution is -0.134. The molecule has 0 N–H and O–H groups in total. The number of Topliss-reactive ketones (excluding diaryl/α,β-unsaturated/α-hetero) is 1. The van der Waals surface area contributed by atoms with Gasteiger partial charge in [-0.2, -0.15) is 0 Å². The second-order valence-electron chi connectivity index (χ2n) is 6.02. The van der Waals surface area contributed by atoms with Gasteiger partial charge in [-0.15, -0.1) is 0 Å². The highest BCUT2D eigenvalue weighted by molar-refractivity contribution is 5.90. The molecule has 0 amide bonds. The van der Waals surface area contributed by atoms with E-state index in [-0.39, 0.29) is 5.54 Å². The number of nitrogens with zero attached hydrogens (tertiary/aromatic N) is 1. The van der Waals surface area contributed by atoms with E-state index in [9.17, 15) is 4.79 Å². The summed E-state index contributed by atoms with van der Waals surface area (Å²) in [6.07, 6.45) is 6.94. The van der Waals surface area contributed by atoms with Crippen LogP contribution in [0, 0.1) is 11.8 Å². The van der Waals surface area contributed by atoms with E-state index in [2.05, 4.69) is 25.7 Å². The molecule has 0 bridgehead atoms. The lowest BCUT2D eigenvalue weighted by Crippen LogP contribution is -2.51. The van der Waals surface area contributed by atoms with Crippen LogP contribution in [-0.2, 0) is 4.79 Å². The first-order valence-electron chi connectivity index (χ1n) is 7.17. The summed E-state index contributed by atoms with van der Waals surface area (Å²) in [6.45, 7) is 6.48. The van der Waals surface area contributed by atoms with Gasteiger partial charge in [0.2, 0.25) is 0 Å². The normalized spacial score (nSPS) is 29.1. The number of carbonyl (C=O) groups excluding carboxylic acids is 1. The molecule has 1 fully saturated rings. The molecule has 3 atom stereocenters. The fourth-order valence-electron chi connectivity index (χ4n) is 3.05. The van der Waals surface area contributed by atoms with Crippen molar-refractivity contribution in [3.05, 3.63) is 0 Å². The second kappa shape index (κ2) is 5.99. The maximum atomic E-state index is 12.7. The van der Waals surface area contributed by atoms with Gasteiger partial charge in [-0.3, -0.25) is 9.69 Å². The van der Waals surface area contributed by atoms with Crippen LogP contribution in [0.5, 0.6) is 0 Å². The van der Waals surface area contributed by atoms with Gasteiger partial charge in [0.15, 0.2) is 5.78 Å². The molecule has 0 aromatic rings. The molecular weight excluding hydrogens is 210 g/mol. The summed E-state index contributed by atoms with van der Waals surface area (Å²) in [5.74, 6) is 1.56. The molecule has 1 aliphatic carbocycles. The fourth-order valence-corrected chi connectivity index (χ4v) is 3.05. The van der Waals surface area contributed by atoms with Crippen molar-refractivity contribution in [3.63, 3.8) is 0 Å². The number of carbonyl (C=O) groups is 1. The van der Waals surface area contributed by atoms with E-state index in [4.69, 9.17) is 0 Å². The molecule has 0 radical (unpaired) electrons. The zero-order valence-corrected chi connectivity index (χ0v) is 12.3. The van der Waals surface area contributed by atoms with Crippen LogP contribution < -0.4 is 0 Å². The monoisotopic (exact) mass is 239 g/mol. The van der Waals surface area contributed by atoms with Crippen molar-refractivity contribution < 1.29 is 4.79 Å². The molecule has 1 rings (SSSR count). The standard InChI is InChI=1S/C15H29NO/c1-6-12-9-8-10-13(11-12)14(17)15(3,7-2)16(4)5/h12-13H,6-11H2,1-5H3. The van der Waals surface area contributed by atoms with Crippen LogP contribution in [0.4, 0.5) is 0 Å². The van der Waals surface area contributed by atoms with Crippen molar-refractivity contribution in [3.8, 4) is 0 Å². The van der Waals surface area contributed by atoms with Gasteiger partial charge in [-0.25, -0.2) is 0 Å². The first kappa shape index (κ1) is 14.7. The molecule has 0 aliphatic heterocycles. The maximum absolute atomic E-state index is 12.7. The third kappa shape index (κ3) is 3.09. The summed E-state index contributed by atoms with van der Waals surface area (Å²) in [4.78, 5) is 14.8. The minimum absolute atomic E-state index is 0.264. The molecule has 17 heavy (non-hydrogen) atoms. The van der Waals surface area contributed by atoms with E-state index >= 15 is 0 Å². The van der Waals surface area contributed by atoms with Crippen molar-refractivity contribution in [2.24, 2.45) is 11.8 Å². The Hall–Kier alpha value is -0.370. The van der Waals surface area contributed by atoms with Crippen LogP contribution in [0.2, 0.25) is 0 Å². The third-order valence-electron chi connectivity index (χ3n) is 4.94. The lowest BCUT2D eigenvalue weighted by atomic mass is 9.73. The summed E-state index contributed by atoms with van der Waals surface area (Å²) >= 11 is 0. The van der Waals surface area contributed by atoms with E-state index in [0.717, 1.165) is 25.2 Å². The highest BCUT2D eigenvalue weighted by Crippen LogP contribution is 2.35. The Labute approximate surface area is 107 Å². The van der Waals surface area contributed by atoms with Crippen LogP contribution in [0.25, 0.3) is 0 Å². The summed E-state index contributed by atoms with van der Waals surface area (Å²) in [6, 6.07) is 0. The molecule has 0 aromatic carbocycles. The van der Waals surface area contributed by atoms with Gasteiger partial charge in [0.05, 0.1) is 5.54 Å². The second-order valence-corrected chi connectivity index (χ2v) is 6.02. The largest absolute Gasteiger partial charge is 0.297 e.